The van der Waals surface area contributed by atoms with Crippen molar-refractivity contribution in [3.8, 4) is 0 Å². The van der Waals surface area contributed by atoms with Crippen LogP contribution in [0.25, 0.3) is 0 Å². The van der Waals surface area contributed by atoms with Crippen molar-refractivity contribution in [1.82, 2.24) is 9.80 Å². The largest absolute Gasteiger partial charge is 0.327 e. The van der Waals surface area contributed by atoms with E-state index >= 15 is 0 Å². The minimum absolute atomic E-state index is 0.359. The molecule has 1 heterocycles. The molecule has 0 aliphatic carbocycles. The Morgan fingerprint density at radius 3 is 2.12 bits per heavy atom. The van der Waals surface area contributed by atoms with Crippen molar-refractivity contribution >= 4 is 0 Å². The van der Waals surface area contributed by atoms with Crippen LogP contribution in [0.5, 0.6) is 0 Å². The average molecular weight is 227 g/mol. The van der Waals surface area contributed by atoms with Crippen LogP contribution in [0.2, 0.25) is 0 Å². The summed E-state index contributed by atoms with van der Waals surface area (Å²) in [4.78, 5) is 5.09. The molecule has 96 valence electrons. The van der Waals surface area contributed by atoms with Gasteiger partial charge in [0.25, 0.3) is 0 Å². The molecule has 0 aromatic carbocycles. The molecule has 16 heavy (non-hydrogen) atoms. The lowest BCUT2D eigenvalue weighted by Gasteiger charge is -2.35. The van der Waals surface area contributed by atoms with Gasteiger partial charge < -0.3 is 10.6 Å². The highest BCUT2D eigenvalue weighted by Crippen LogP contribution is 2.07. The van der Waals surface area contributed by atoms with Gasteiger partial charge in [0.2, 0.25) is 0 Å². The summed E-state index contributed by atoms with van der Waals surface area (Å²) in [6.45, 7) is 13.9. The minimum Gasteiger partial charge on any atom is -0.327 e. The van der Waals surface area contributed by atoms with Gasteiger partial charge in [0.1, 0.15) is 0 Å². The first-order valence-corrected chi connectivity index (χ1v) is 6.82. The predicted octanol–water partition coefficient (Wildman–Crippen LogP) is 1.39. The highest BCUT2D eigenvalue weighted by molar-refractivity contribution is 4.76. The summed E-state index contributed by atoms with van der Waals surface area (Å²) in [6, 6.07) is 0.359. The van der Waals surface area contributed by atoms with Gasteiger partial charge in [-0.25, -0.2) is 0 Å². The third-order valence-electron chi connectivity index (χ3n) is 3.27. The first-order valence-electron chi connectivity index (χ1n) is 6.82. The van der Waals surface area contributed by atoms with Crippen LogP contribution in [0, 0.1) is 5.92 Å². The van der Waals surface area contributed by atoms with E-state index in [1.54, 1.807) is 0 Å². The fraction of sp³-hybridized carbons (Fsp3) is 1.00. The van der Waals surface area contributed by atoms with Crippen molar-refractivity contribution in [3.05, 3.63) is 0 Å². The number of hydrogen-bond donors (Lipinski definition) is 1. The van der Waals surface area contributed by atoms with Crippen LogP contribution in [0.1, 0.15) is 33.6 Å². The SMILES string of the molecule is CCCN1CCN(CC(N)CC(C)C)CC1. The molecule has 1 saturated heterocycles. The van der Waals surface area contributed by atoms with Crippen LogP contribution in [-0.4, -0.2) is 55.1 Å². The van der Waals surface area contributed by atoms with Crippen LogP contribution >= 0.6 is 0 Å². The van der Waals surface area contributed by atoms with Crippen LogP contribution < -0.4 is 5.73 Å². The molecular formula is C13H29N3. The molecule has 0 aromatic rings. The molecule has 0 amide bonds. The van der Waals surface area contributed by atoms with Gasteiger partial charge in [-0.3, -0.25) is 4.90 Å². The molecule has 3 heteroatoms. The highest BCUT2D eigenvalue weighted by Gasteiger charge is 2.18. The monoisotopic (exact) mass is 227 g/mol. The van der Waals surface area contributed by atoms with E-state index in [0.29, 0.717) is 6.04 Å². The van der Waals surface area contributed by atoms with Gasteiger partial charge in [-0.15, -0.1) is 0 Å². The molecule has 1 aliphatic heterocycles. The summed E-state index contributed by atoms with van der Waals surface area (Å²) in [5, 5.41) is 0. The van der Waals surface area contributed by atoms with Crippen molar-refractivity contribution < 1.29 is 0 Å². The normalized spacial score (nSPS) is 21.6. The average Bonchev–Trinajstić information content (AvgIpc) is 2.20. The van der Waals surface area contributed by atoms with Gasteiger partial charge in [-0.05, 0) is 25.3 Å². The summed E-state index contributed by atoms with van der Waals surface area (Å²) < 4.78 is 0. The first-order chi connectivity index (χ1) is 7.61. The van der Waals surface area contributed by atoms with Crippen molar-refractivity contribution in [3.63, 3.8) is 0 Å². The number of hydrogen-bond acceptors (Lipinski definition) is 3. The second kappa shape index (κ2) is 7.25. The van der Waals surface area contributed by atoms with E-state index in [-0.39, 0.29) is 0 Å². The second-order valence-electron chi connectivity index (χ2n) is 5.53. The summed E-state index contributed by atoms with van der Waals surface area (Å²) in [5.74, 6) is 0.719. The molecule has 1 rings (SSSR count). The summed E-state index contributed by atoms with van der Waals surface area (Å²) >= 11 is 0. The van der Waals surface area contributed by atoms with Gasteiger partial charge in [0.15, 0.2) is 0 Å². The van der Waals surface area contributed by atoms with E-state index in [9.17, 15) is 0 Å². The van der Waals surface area contributed by atoms with Crippen molar-refractivity contribution in [2.24, 2.45) is 11.7 Å². The second-order valence-corrected chi connectivity index (χ2v) is 5.53. The van der Waals surface area contributed by atoms with Gasteiger partial charge in [0, 0.05) is 38.8 Å². The zero-order valence-corrected chi connectivity index (χ0v) is 11.3. The van der Waals surface area contributed by atoms with Crippen molar-refractivity contribution in [2.45, 2.75) is 39.7 Å². The Balaban J connectivity index is 2.16. The van der Waals surface area contributed by atoms with Crippen LogP contribution in [0.3, 0.4) is 0 Å². The molecular weight excluding hydrogens is 198 g/mol. The van der Waals surface area contributed by atoms with Crippen molar-refractivity contribution in [1.29, 1.82) is 0 Å². The fourth-order valence-electron chi connectivity index (χ4n) is 2.52. The molecule has 0 aromatic heterocycles. The molecule has 0 radical (unpaired) electrons. The zero-order valence-electron chi connectivity index (χ0n) is 11.3. The van der Waals surface area contributed by atoms with Crippen molar-refractivity contribution in [2.75, 3.05) is 39.3 Å². The van der Waals surface area contributed by atoms with E-state index < -0.39 is 0 Å². The minimum atomic E-state index is 0.359. The van der Waals surface area contributed by atoms with Gasteiger partial charge in [0.05, 0.1) is 0 Å². The van der Waals surface area contributed by atoms with E-state index in [2.05, 4.69) is 30.6 Å². The topological polar surface area (TPSA) is 32.5 Å². The predicted molar refractivity (Wildman–Crippen MR) is 70.6 cm³/mol. The first kappa shape index (κ1) is 13.9. The Labute approximate surface area is 101 Å². The van der Waals surface area contributed by atoms with Gasteiger partial charge in [-0.2, -0.15) is 0 Å². The summed E-state index contributed by atoms with van der Waals surface area (Å²) in [7, 11) is 0. The van der Waals surface area contributed by atoms with Gasteiger partial charge in [-0.1, -0.05) is 20.8 Å². The van der Waals surface area contributed by atoms with Crippen LogP contribution in [0.4, 0.5) is 0 Å². The third kappa shape index (κ3) is 5.28. The maximum atomic E-state index is 6.14. The standard InChI is InChI=1S/C13H29N3/c1-4-5-15-6-8-16(9-7-15)11-13(14)10-12(2)3/h12-13H,4-11,14H2,1-3H3. The molecule has 1 unspecified atom stereocenters. The third-order valence-corrected chi connectivity index (χ3v) is 3.27. The molecule has 1 fully saturated rings. The van der Waals surface area contributed by atoms with Crippen LogP contribution in [0.15, 0.2) is 0 Å². The molecule has 1 aliphatic rings. The summed E-state index contributed by atoms with van der Waals surface area (Å²) in [5.41, 5.74) is 6.14. The smallest absolute Gasteiger partial charge is 0.0170 e. The molecule has 0 saturated carbocycles. The maximum absolute atomic E-state index is 6.14. The van der Waals surface area contributed by atoms with E-state index in [0.717, 1.165) is 18.9 Å². The lowest BCUT2D eigenvalue weighted by atomic mass is 10.0. The molecule has 0 spiro atoms. The lowest BCUT2D eigenvalue weighted by molar-refractivity contribution is 0.125. The molecule has 2 N–H and O–H groups in total. The number of nitrogens with two attached hydrogens (primary N) is 1. The molecule has 1 atom stereocenters. The Bertz CT molecular complexity index is 174. The Morgan fingerprint density at radius 2 is 1.62 bits per heavy atom. The molecule has 0 bridgehead atoms. The molecule has 3 nitrogen and oxygen atoms in total. The Kier molecular flexibility index (Phi) is 6.32. The maximum Gasteiger partial charge on any atom is 0.0170 e. The van der Waals surface area contributed by atoms with E-state index in [4.69, 9.17) is 5.73 Å². The van der Waals surface area contributed by atoms with Crippen LogP contribution in [-0.2, 0) is 0 Å². The Morgan fingerprint density at radius 1 is 1.06 bits per heavy atom. The Hall–Kier alpha value is -0.120. The fourth-order valence-corrected chi connectivity index (χ4v) is 2.52. The van der Waals surface area contributed by atoms with Gasteiger partial charge >= 0.3 is 0 Å². The zero-order chi connectivity index (χ0) is 12.0. The highest BCUT2D eigenvalue weighted by atomic mass is 15.3. The number of nitrogens with zero attached hydrogens (tertiary/aromatic N) is 2. The summed E-state index contributed by atoms with van der Waals surface area (Å²) in [6.07, 6.45) is 2.42. The van der Waals surface area contributed by atoms with E-state index in [1.807, 2.05) is 0 Å². The number of piperazine rings is 1. The lowest BCUT2D eigenvalue weighted by Crippen LogP contribution is -2.50. The number of rotatable bonds is 6. The quantitative estimate of drug-likeness (QED) is 0.744. The van der Waals surface area contributed by atoms with E-state index in [1.165, 1.54) is 39.1 Å².